The third-order valence-corrected chi connectivity index (χ3v) is 3.89. The Balaban J connectivity index is 2.92. The Morgan fingerprint density at radius 1 is 1.24 bits per heavy atom. The standard InChI is InChI=1S/C15H23NS/c1-10(2)8-17-9-14(16)15-12(4)6-11(3)7-13(15)5/h6-7,9-10H,8,16H2,1-5H3/b14-9-. The van der Waals surface area contributed by atoms with E-state index in [0.29, 0.717) is 5.92 Å². The quantitative estimate of drug-likeness (QED) is 0.863. The molecule has 1 nitrogen and oxygen atoms in total. The molecule has 1 aromatic rings. The minimum atomic E-state index is 0.698. The molecule has 0 saturated carbocycles. The van der Waals surface area contributed by atoms with Crippen LogP contribution in [0.2, 0.25) is 0 Å². The molecule has 0 fully saturated rings. The van der Waals surface area contributed by atoms with E-state index in [1.807, 2.05) is 0 Å². The summed E-state index contributed by atoms with van der Waals surface area (Å²) in [5.41, 5.74) is 12.1. The van der Waals surface area contributed by atoms with Gasteiger partial charge in [-0.15, -0.1) is 11.8 Å². The van der Waals surface area contributed by atoms with Crippen LogP contribution in [-0.2, 0) is 0 Å². The van der Waals surface area contributed by atoms with E-state index in [-0.39, 0.29) is 0 Å². The number of aryl methyl sites for hydroxylation is 3. The van der Waals surface area contributed by atoms with Crippen LogP contribution in [0.1, 0.15) is 36.1 Å². The van der Waals surface area contributed by atoms with Crippen molar-refractivity contribution in [2.24, 2.45) is 11.7 Å². The SMILES string of the molecule is Cc1cc(C)c(/C(N)=C/SCC(C)C)c(C)c1. The largest absolute Gasteiger partial charge is 0.398 e. The molecule has 17 heavy (non-hydrogen) atoms. The molecule has 0 aliphatic carbocycles. The molecule has 0 amide bonds. The van der Waals surface area contributed by atoms with Gasteiger partial charge in [0.2, 0.25) is 0 Å². The fourth-order valence-corrected chi connectivity index (χ4v) is 2.80. The first-order valence-corrected chi connectivity index (χ1v) is 7.12. The molecule has 1 aromatic carbocycles. The van der Waals surface area contributed by atoms with E-state index in [1.54, 1.807) is 11.8 Å². The number of rotatable bonds is 4. The Hall–Kier alpha value is -0.890. The number of hydrogen-bond acceptors (Lipinski definition) is 2. The van der Waals surface area contributed by atoms with E-state index in [1.165, 1.54) is 22.3 Å². The maximum atomic E-state index is 6.17. The molecular weight excluding hydrogens is 226 g/mol. The van der Waals surface area contributed by atoms with E-state index in [4.69, 9.17) is 5.73 Å². The molecule has 2 N–H and O–H groups in total. The first-order valence-electron chi connectivity index (χ1n) is 6.07. The molecule has 0 spiro atoms. The topological polar surface area (TPSA) is 26.0 Å². The maximum Gasteiger partial charge on any atom is 0.0457 e. The van der Waals surface area contributed by atoms with Gasteiger partial charge in [-0.3, -0.25) is 0 Å². The van der Waals surface area contributed by atoms with E-state index in [2.05, 4.69) is 52.2 Å². The maximum absolute atomic E-state index is 6.17. The van der Waals surface area contributed by atoms with Crippen LogP contribution in [0.15, 0.2) is 17.5 Å². The monoisotopic (exact) mass is 249 g/mol. The average molecular weight is 249 g/mol. The summed E-state index contributed by atoms with van der Waals surface area (Å²) in [6.45, 7) is 10.8. The second-order valence-electron chi connectivity index (χ2n) is 5.07. The van der Waals surface area contributed by atoms with Gasteiger partial charge in [0, 0.05) is 11.3 Å². The molecule has 0 saturated heterocycles. The first kappa shape index (κ1) is 14.2. The van der Waals surface area contributed by atoms with Crippen LogP contribution in [0.5, 0.6) is 0 Å². The lowest BCUT2D eigenvalue weighted by molar-refractivity contribution is 0.751. The lowest BCUT2D eigenvalue weighted by Crippen LogP contribution is -2.02. The molecule has 0 heterocycles. The predicted octanol–water partition coefficient (Wildman–Crippen LogP) is 4.26. The van der Waals surface area contributed by atoms with E-state index >= 15 is 0 Å². The molecular formula is C15H23NS. The van der Waals surface area contributed by atoms with Crippen molar-refractivity contribution in [1.82, 2.24) is 0 Å². The van der Waals surface area contributed by atoms with Crippen LogP contribution in [0, 0.1) is 26.7 Å². The van der Waals surface area contributed by atoms with Crippen molar-refractivity contribution in [3.8, 4) is 0 Å². The van der Waals surface area contributed by atoms with Gasteiger partial charge >= 0.3 is 0 Å². The highest BCUT2D eigenvalue weighted by atomic mass is 32.2. The highest BCUT2D eigenvalue weighted by molar-refractivity contribution is 8.02. The van der Waals surface area contributed by atoms with Gasteiger partial charge in [0.05, 0.1) is 0 Å². The third kappa shape index (κ3) is 4.12. The van der Waals surface area contributed by atoms with Crippen LogP contribution in [0.25, 0.3) is 5.70 Å². The molecule has 0 aliphatic rings. The Kier molecular flexibility index (Phi) is 5.13. The third-order valence-electron chi connectivity index (χ3n) is 2.61. The van der Waals surface area contributed by atoms with Gasteiger partial charge < -0.3 is 5.73 Å². The number of benzene rings is 1. The number of hydrogen-bond donors (Lipinski definition) is 1. The highest BCUT2D eigenvalue weighted by Crippen LogP contribution is 2.23. The Bertz CT molecular complexity index is 396. The fourth-order valence-electron chi connectivity index (χ4n) is 2.02. The van der Waals surface area contributed by atoms with Crippen molar-refractivity contribution in [3.63, 3.8) is 0 Å². The molecule has 94 valence electrons. The summed E-state index contributed by atoms with van der Waals surface area (Å²) in [5, 5.41) is 2.09. The van der Waals surface area contributed by atoms with Crippen molar-refractivity contribution in [2.75, 3.05) is 5.75 Å². The number of thioether (sulfide) groups is 1. The summed E-state index contributed by atoms with van der Waals surface area (Å²) in [6, 6.07) is 4.38. The minimum absolute atomic E-state index is 0.698. The summed E-state index contributed by atoms with van der Waals surface area (Å²) in [7, 11) is 0. The average Bonchev–Trinajstić information content (AvgIpc) is 2.14. The van der Waals surface area contributed by atoms with Gasteiger partial charge in [-0.2, -0.15) is 0 Å². The zero-order valence-electron chi connectivity index (χ0n) is 11.5. The lowest BCUT2D eigenvalue weighted by Gasteiger charge is -2.12. The molecule has 1 rings (SSSR count). The van der Waals surface area contributed by atoms with Gasteiger partial charge in [-0.25, -0.2) is 0 Å². The summed E-state index contributed by atoms with van der Waals surface area (Å²) < 4.78 is 0. The summed E-state index contributed by atoms with van der Waals surface area (Å²) in [4.78, 5) is 0. The molecule has 2 heteroatoms. The van der Waals surface area contributed by atoms with Crippen molar-refractivity contribution in [2.45, 2.75) is 34.6 Å². The van der Waals surface area contributed by atoms with Crippen molar-refractivity contribution in [1.29, 1.82) is 0 Å². The van der Waals surface area contributed by atoms with Crippen LogP contribution in [0.3, 0.4) is 0 Å². The fraction of sp³-hybridized carbons (Fsp3) is 0.467. The zero-order chi connectivity index (χ0) is 13.0. The Morgan fingerprint density at radius 2 is 1.76 bits per heavy atom. The smallest absolute Gasteiger partial charge is 0.0457 e. The molecule has 0 bridgehead atoms. The molecule has 0 radical (unpaired) electrons. The predicted molar refractivity (Wildman–Crippen MR) is 80.1 cm³/mol. The normalized spacial score (nSPS) is 12.2. The van der Waals surface area contributed by atoms with Crippen LogP contribution < -0.4 is 5.73 Å². The van der Waals surface area contributed by atoms with E-state index in [9.17, 15) is 0 Å². The highest BCUT2D eigenvalue weighted by Gasteiger charge is 2.06. The van der Waals surface area contributed by atoms with Gasteiger partial charge in [0.1, 0.15) is 0 Å². The Morgan fingerprint density at radius 3 is 2.24 bits per heavy atom. The zero-order valence-corrected chi connectivity index (χ0v) is 12.3. The second kappa shape index (κ2) is 6.15. The summed E-state index contributed by atoms with van der Waals surface area (Å²) in [6.07, 6.45) is 0. The molecule has 0 unspecified atom stereocenters. The second-order valence-corrected chi connectivity index (χ2v) is 5.98. The van der Waals surface area contributed by atoms with Gasteiger partial charge in [-0.05, 0) is 49.0 Å². The van der Waals surface area contributed by atoms with Crippen LogP contribution in [0.4, 0.5) is 0 Å². The number of nitrogens with two attached hydrogens (primary N) is 1. The van der Waals surface area contributed by atoms with Crippen LogP contribution in [-0.4, -0.2) is 5.75 Å². The Labute approximate surface area is 109 Å². The van der Waals surface area contributed by atoms with Gasteiger partial charge in [0.15, 0.2) is 0 Å². The molecule has 0 aromatic heterocycles. The first-order chi connectivity index (χ1) is 7.91. The van der Waals surface area contributed by atoms with Gasteiger partial charge in [-0.1, -0.05) is 31.5 Å². The van der Waals surface area contributed by atoms with Crippen molar-refractivity contribution < 1.29 is 0 Å². The van der Waals surface area contributed by atoms with Crippen LogP contribution >= 0.6 is 11.8 Å². The van der Waals surface area contributed by atoms with E-state index < -0.39 is 0 Å². The summed E-state index contributed by atoms with van der Waals surface area (Å²) >= 11 is 1.80. The molecule has 0 atom stereocenters. The van der Waals surface area contributed by atoms with E-state index in [0.717, 1.165) is 11.4 Å². The lowest BCUT2D eigenvalue weighted by atomic mass is 9.98. The van der Waals surface area contributed by atoms with Crippen molar-refractivity contribution >= 4 is 17.5 Å². The summed E-state index contributed by atoms with van der Waals surface area (Å²) in [5.74, 6) is 1.81. The van der Waals surface area contributed by atoms with Crippen molar-refractivity contribution in [3.05, 3.63) is 39.8 Å². The molecule has 0 aliphatic heterocycles. The minimum Gasteiger partial charge on any atom is -0.398 e. The van der Waals surface area contributed by atoms with Gasteiger partial charge in [0.25, 0.3) is 0 Å².